The third-order valence-corrected chi connectivity index (χ3v) is 3.03. The monoisotopic (exact) mass is 285 g/mol. The van der Waals surface area contributed by atoms with Crippen LogP contribution in [0.1, 0.15) is 18.9 Å². The van der Waals surface area contributed by atoms with E-state index in [1.54, 1.807) is 25.1 Å². The van der Waals surface area contributed by atoms with Gasteiger partial charge in [0.05, 0.1) is 13.5 Å². The summed E-state index contributed by atoms with van der Waals surface area (Å²) in [5, 5.41) is 11.7. The number of carboxylic acid groups (broad SMARTS) is 1. The Bertz CT molecular complexity index is 476. The van der Waals surface area contributed by atoms with Crippen molar-refractivity contribution in [1.82, 2.24) is 5.32 Å². The Morgan fingerprint density at radius 3 is 2.68 bits per heavy atom. The number of methoxy groups -OCH3 is 1. The normalized spacial score (nSPS) is 11.7. The van der Waals surface area contributed by atoms with E-state index < -0.39 is 17.9 Å². The van der Waals surface area contributed by atoms with Gasteiger partial charge >= 0.3 is 5.97 Å². The molecule has 0 bridgehead atoms. The molecule has 1 aromatic carbocycles. The zero-order valence-electron chi connectivity index (χ0n) is 10.8. The van der Waals surface area contributed by atoms with Crippen molar-refractivity contribution in [2.75, 3.05) is 7.11 Å². The highest BCUT2D eigenvalue weighted by molar-refractivity contribution is 6.31. The molecule has 0 fully saturated rings. The quantitative estimate of drug-likeness (QED) is 0.837. The fraction of sp³-hybridized carbons (Fsp3) is 0.385. The number of halogens is 1. The van der Waals surface area contributed by atoms with E-state index in [1.807, 2.05) is 0 Å². The van der Waals surface area contributed by atoms with Gasteiger partial charge in [-0.3, -0.25) is 4.79 Å². The van der Waals surface area contributed by atoms with Crippen LogP contribution in [0.2, 0.25) is 5.02 Å². The number of ether oxygens (including phenoxy) is 1. The molecular weight excluding hydrogens is 270 g/mol. The SMILES string of the molecule is CCC(NC(=O)Cc1c(Cl)cccc1OC)C(=O)O. The van der Waals surface area contributed by atoms with Crippen molar-refractivity contribution in [1.29, 1.82) is 0 Å². The molecule has 6 heteroatoms. The minimum atomic E-state index is -1.05. The number of carbonyl (C=O) groups is 2. The first-order valence-corrected chi connectivity index (χ1v) is 6.21. The van der Waals surface area contributed by atoms with E-state index in [0.717, 1.165) is 0 Å². The van der Waals surface area contributed by atoms with Crippen LogP contribution < -0.4 is 10.1 Å². The van der Waals surface area contributed by atoms with Gasteiger partial charge in [-0.05, 0) is 18.6 Å². The first kappa shape index (κ1) is 15.3. The van der Waals surface area contributed by atoms with Crippen LogP contribution in [0, 0.1) is 0 Å². The third kappa shape index (κ3) is 4.13. The summed E-state index contributed by atoms with van der Waals surface area (Å²) in [6.45, 7) is 1.69. The van der Waals surface area contributed by atoms with Crippen LogP contribution in [0.4, 0.5) is 0 Å². The molecule has 0 aliphatic rings. The summed E-state index contributed by atoms with van der Waals surface area (Å²) < 4.78 is 5.13. The molecule has 0 aromatic heterocycles. The third-order valence-electron chi connectivity index (χ3n) is 2.67. The van der Waals surface area contributed by atoms with Crippen molar-refractivity contribution < 1.29 is 19.4 Å². The van der Waals surface area contributed by atoms with Crippen molar-refractivity contribution in [3.63, 3.8) is 0 Å². The summed E-state index contributed by atoms with van der Waals surface area (Å²) in [4.78, 5) is 22.7. The molecule has 1 amide bonds. The number of nitrogens with one attached hydrogen (secondary N) is 1. The maximum absolute atomic E-state index is 11.8. The van der Waals surface area contributed by atoms with Gasteiger partial charge in [0.2, 0.25) is 5.91 Å². The number of amides is 1. The molecule has 0 aliphatic heterocycles. The molecule has 0 heterocycles. The van der Waals surface area contributed by atoms with Gasteiger partial charge < -0.3 is 15.2 Å². The molecular formula is C13H16ClNO4. The van der Waals surface area contributed by atoms with Gasteiger partial charge in [-0.2, -0.15) is 0 Å². The lowest BCUT2D eigenvalue weighted by Crippen LogP contribution is -2.41. The van der Waals surface area contributed by atoms with Crippen LogP contribution in [0.5, 0.6) is 5.75 Å². The zero-order valence-corrected chi connectivity index (χ0v) is 11.5. The molecule has 2 N–H and O–H groups in total. The van der Waals surface area contributed by atoms with Crippen LogP contribution >= 0.6 is 11.6 Å². The summed E-state index contributed by atoms with van der Waals surface area (Å²) in [6, 6.07) is 4.18. The number of benzene rings is 1. The van der Waals surface area contributed by atoms with E-state index >= 15 is 0 Å². The molecule has 1 unspecified atom stereocenters. The Morgan fingerprint density at radius 1 is 1.47 bits per heavy atom. The molecule has 5 nitrogen and oxygen atoms in total. The average molecular weight is 286 g/mol. The molecule has 1 atom stereocenters. The molecule has 0 radical (unpaired) electrons. The Morgan fingerprint density at radius 2 is 2.16 bits per heavy atom. The first-order valence-electron chi connectivity index (χ1n) is 5.83. The second-order valence-corrected chi connectivity index (χ2v) is 4.37. The number of hydrogen-bond donors (Lipinski definition) is 2. The summed E-state index contributed by atoms with van der Waals surface area (Å²) in [6.07, 6.45) is 0.299. The highest BCUT2D eigenvalue weighted by Gasteiger charge is 2.19. The maximum Gasteiger partial charge on any atom is 0.326 e. The molecule has 19 heavy (non-hydrogen) atoms. The van der Waals surface area contributed by atoms with E-state index in [2.05, 4.69) is 5.32 Å². The maximum atomic E-state index is 11.8. The molecule has 0 aliphatic carbocycles. The van der Waals surface area contributed by atoms with Gasteiger partial charge in [0.25, 0.3) is 0 Å². The Balaban J connectivity index is 2.80. The smallest absolute Gasteiger partial charge is 0.326 e. The lowest BCUT2D eigenvalue weighted by Gasteiger charge is -2.14. The van der Waals surface area contributed by atoms with Crippen molar-refractivity contribution >= 4 is 23.5 Å². The zero-order chi connectivity index (χ0) is 14.4. The van der Waals surface area contributed by atoms with Crippen LogP contribution in [-0.2, 0) is 16.0 Å². The Hall–Kier alpha value is -1.75. The fourth-order valence-electron chi connectivity index (χ4n) is 1.65. The Kier molecular flexibility index (Phi) is 5.63. The van der Waals surface area contributed by atoms with Gasteiger partial charge in [0.15, 0.2) is 0 Å². The lowest BCUT2D eigenvalue weighted by molar-refractivity contribution is -0.141. The van der Waals surface area contributed by atoms with Crippen LogP contribution in [0.25, 0.3) is 0 Å². The van der Waals surface area contributed by atoms with Crippen molar-refractivity contribution in [2.45, 2.75) is 25.8 Å². The van der Waals surface area contributed by atoms with Crippen LogP contribution in [-0.4, -0.2) is 30.1 Å². The number of aliphatic carboxylic acids is 1. The summed E-state index contributed by atoms with van der Waals surface area (Å²) in [5.74, 6) is -0.950. The number of carbonyl (C=O) groups excluding carboxylic acids is 1. The number of carboxylic acids is 1. The second kappa shape index (κ2) is 6.99. The highest BCUT2D eigenvalue weighted by Crippen LogP contribution is 2.26. The number of hydrogen-bond acceptors (Lipinski definition) is 3. The molecule has 0 spiro atoms. The predicted octanol–water partition coefficient (Wildman–Crippen LogP) is 1.87. The van der Waals surface area contributed by atoms with Gasteiger partial charge in [-0.15, -0.1) is 0 Å². The number of rotatable bonds is 6. The predicted molar refractivity (Wildman–Crippen MR) is 71.6 cm³/mol. The first-order chi connectivity index (χ1) is 8.99. The van der Waals surface area contributed by atoms with Crippen molar-refractivity contribution in [3.8, 4) is 5.75 Å². The van der Waals surface area contributed by atoms with Crippen molar-refractivity contribution in [2.24, 2.45) is 0 Å². The molecule has 0 saturated carbocycles. The lowest BCUT2D eigenvalue weighted by atomic mass is 10.1. The second-order valence-electron chi connectivity index (χ2n) is 3.96. The van der Waals surface area contributed by atoms with Crippen LogP contribution in [0.15, 0.2) is 18.2 Å². The minimum Gasteiger partial charge on any atom is -0.496 e. The molecule has 0 saturated heterocycles. The summed E-state index contributed by atoms with van der Waals surface area (Å²) in [5.41, 5.74) is 0.546. The average Bonchev–Trinajstić information content (AvgIpc) is 2.38. The van der Waals surface area contributed by atoms with Gasteiger partial charge in [0.1, 0.15) is 11.8 Å². The van der Waals surface area contributed by atoms with E-state index in [4.69, 9.17) is 21.4 Å². The van der Waals surface area contributed by atoms with E-state index in [-0.39, 0.29) is 6.42 Å². The topological polar surface area (TPSA) is 75.6 Å². The molecule has 1 rings (SSSR count). The standard InChI is InChI=1S/C13H16ClNO4/c1-3-10(13(17)18)15-12(16)7-8-9(14)5-4-6-11(8)19-2/h4-6,10H,3,7H2,1-2H3,(H,15,16)(H,17,18). The molecule has 104 valence electrons. The minimum absolute atomic E-state index is 0.0212. The van der Waals surface area contributed by atoms with Crippen LogP contribution in [0.3, 0.4) is 0 Å². The van der Waals surface area contributed by atoms with Gasteiger partial charge in [-0.25, -0.2) is 4.79 Å². The van der Waals surface area contributed by atoms with Gasteiger partial charge in [-0.1, -0.05) is 24.6 Å². The van der Waals surface area contributed by atoms with Crippen molar-refractivity contribution in [3.05, 3.63) is 28.8 Å². The summed E-state index contributed by atoms with van der Waals surface area (Å²) >= 11 is 6.01. The molecule has 1 aromatic rings. The Labute approximate surface area is 116 Å². The van der Waals surface area contributed by atoms with E-state index in [0.29, 0.717) is 22.8 Å². The van der Waals surface area contributed by atoms with E-state index in [1.165, 1.54) is 7.11 Å². The fourth-order valence-corrected chi connectivity index (χ4v) is 1.88. The summed E-state index contributed by atoms with van der Waals surface area (Å²) in [7, 11) is 1.49. The van der Waals surface area contributed by atoms with Gasteiger partial charge in [0, 0.05) is 10.6 Å². The largest absolute Gasteiger partial charge is 0.496 e. The van der Waals surface area contributed by atoms with E-state index in [9.17, 15) is 9.59 Å². The highest BCUT2D eigenvalue weighted by atomic mass is 35.5.